The quantitative estimate of drug-likeness (QED) is 0.919. The van der Waals surface area contributed by atoms with Gasteiger partial charge in [0.05, 0.1) is 22.1 Å². The summed E-state index contributed by atoms with van der Waals surface area (Å²) in [7, 11) is -4.63. The summed E-state index contributed by atoms with van der Waals surface area (Å²) in [5, 5.41) is 2.93. The van der Waals surface area contributed by atoms with Crippen molar-refractivity contribution in [3.63, 3.8) is 0 Å². The summed E-state index contributed by atoms with van der Waals surface area (Å²) in [4.78, 5) is 4.41. The molecule has 0 aliphatic heterocycles. The first-order valence-electron chi connectivity index (χ1n) is 5.69. The minimum atomic E-state index is -4.63. The SMILES string of the molecule is CC(Nc1ccccc1S(=O)(=O)C(F)F)c1cncs1. The minimum Gasteiger partial charge on any atom is -0.377 e. The molecule has 1 atom stereocenters. The van der Waals surface area contributed by atoms with Crippen LogP contribution in [0.1, 0.15) is 17.8 Å². The van der Waals surface area contributed by atoms with E-state index >= 15 is 0 Å². The van der Waals surface area contributed by atoms with Gasteiger partial charge in [-0.1, -0.05) is 12.1 Å². The summed E-state index contributed by atoms with van der Waals surface area (Å²) >= 11 is 1.40. The molecular weight excluding hydrogens is 306 g/mol. The summed E-state index contributed by atoms with van der Waals surface area (Å²) in [6, 6.07) is 5.41. The van der Waals surface area contributed by atoms with Crippen molar-refractivity contribution in [2.24, 2.45) is 0 Å². The number of para-hydroxylation sites is 1. The smallest absolute Gasteiger partial charge is 0.341 e. The summed E-state index contributed by atoms with van der Waals surface area (Å²) in [6.07, 6.45) is 1.65. The number of sulfone groups is 1. The van der Waals surface area contributed by atoms with Crippen molar-refractivity contribution in [2.75, 3.05) is 5.32 Å². The van der Waals surface area contributed by atoms with Crippen LogP contribution in [0.4, 0.5) is 14.5 Å². The number of hydrogen-bond acceptors (Lipinski definition) is 5. The molecule has 0 amide bonds. The van der Waals surface area contributed by atoms with Gasteiger partial charge in [-0.25, -0.2) is 8.42 Å². The van der Waals surface area contributed by atoms with Crippen molar-refractivity contribution >= 4 is 26.9 Å². The van der Waals surface area contributed by atoms with E-state index < -0.39 is 20.5 Å². The highest BCUT2D eigenvalue weighted by Crippen LogP contribution is 2.29. The van der Waals surface area contributed by atoms with Crippen LogP contribution in [0, 0.1) is 0 Å². The molecule has 20 heavy (non-hydrogen) atoms. The van der Waals surface area contributed by atoms with Gasteiger partial charge in [-0.3, -0.25) is 4.98 Å². The second kappa shape index (κ2) is 5.84. The van der Waals surface area contributed by atoms with E-state index in [1.54, 1.807) is 24.7 Å². The van der Waals surface area contributed by atoms with Crippen LogP contribution in [-0.2, 0) is 9.84 Å². The van der Waals surface area contributed by atoms with Gasteiger partial charge in [0, 0.05) is 11.1 Å². The van der Waals surface area contributed by atoms with Gasteiger partial charge in [-0.15, -0.1) is 11.3 Å². The Morgan fingerprint density at radius 3 is 2.60 bits per heavy atom. The van der Waals surface area contributed by atoms with E-state index in [2.05, 4.69) is 10.3 Å². The van der Waals surface area contributed by atoms with Crippen LogP contribution in [0.5, 0.6) is 0 Å². The third-order valence-electron chi connectivity index (χ3n) is 2.68. The van der Waals surface area contributed by atoms with Gasteiger partial charge in [-0.2, -0.15) is 8.78 Å². The topological polar surface area (TPSA) is 59.1 Å². The van der Waals surface area contributed by atoms with Crippen LogP contribution in [-0.4, -0.2) is 19.2 Å². The molecule has 1 unspecified atom stereocenters. The normalized spacial score (nSPS) is 13.4. The zero-order valence-corrected chi connectivity index (χ0v) is 12.1. The standard InChI is InChI=1S/C12H12F2N2O2S2/c1-8(10-6-15-7-19-10)16-9-4-2-3-5-11(9)20(17,18)12(13)14/h2-8,12,16H,1H3. The number of rotatable bonds is 5. The molecule has 0 spiro atoms. The van der Waals surface area contributed by atoms with Crippen LogP contribution in [0.15, 0.2) is 40.9 Å². The Morgan fingerprint density at radius 1 is 1.30 bits per heavy atom. The highest BCUT2D eigenvalue weighted by atomic mass is 32.2. The van der Waals surface area contributed by atoms with E-state index in [4.69, 9.17) is 0 Å². The first kappa shape index (κ1) is 14.9. The van der Waals surface area contributed by atoms with Gasteiger partial charge in [0.25, 0.3) is 0 Å². The van der Waals surface area contributed by atoms with Gasteiger partial charge in [0.2, 0.25) is 9.84 Å². The Balaban J connectivity index is 2.34. The number of nitrogens with zero attached hydrogens (tertiary/aromatic N) is 1. The number of aromatic nitrogens is 1. The number of thiazole rings is 1. The molecule has 0 radical (unpaired) electrons. The minimum absolute atomic E-state index is 0.161. The zero-order valence-electron chi connectivity index (χ0n) is 10.5. The maximum atomic E-state index is 12.7. The van der Waals surface area contributed by atoms with E-state index in [0.29, 0.717) is 0 Å². The van der Waals surface area contributed by atoms with Gasteiger partial charge in [0.15, 0.2) is 0 Å². The third-order valence-corrected chi connectivity index (χ3v) is 5.07. The van der Waals surface area contributed by atoms with E-state index in [1.165, 1.54) is 29.5 Å². The van der Waals surface area contributed by atoms with Gasteiger partial charge in [-0.05, 0) is 19.1 Å². The summed E-state index contributed by atoms with van der Waals surface area (Å²) in [5.41, 5.74) is 1.81. The molecule has 2 aromatic rings. The molecule has 108 valence electrons. The van der Waals surface area contributed by atoms with Crippen molar-refractivity contribution in [3.8, 4) is 0 Å². The summed E-state index contributed by atoms with van der Waals surface area (Å²) in [6.45, 7) is 1.80. The number of nitrogens with one attached hydrogen (secondary N) is 1. The van der Waals surface area contributed by atoms with E-state index in [1.807, 2.05) is 0 Å². The van der Waals surface area contributed by atoms with E-state index in [0.717, 1.165) is 4.88 Å². The largest absolute Gasteiger partial charge is 0.377 e. The van der Waals surface area contributed by atoms with Crippen molar-refractivity contribution in [2.45, 2.75) is 23.6 Å². The molecule has 1 heterocycles. The second-order valence-electron chi connectivity index (χ2n) is 4.07. The molecule has 0 saturated heterocycles. The predicted octanol–water partition coefficient (Wildman–Crippen LogP) is 3.31. The molecule has 0 aliphatic carbocycles. The monoisotopic (exact) mass is 318 g/mol. The molecular formula is C12H12F2N2O2S2. The first-order chi connectivity index (χ1) is 9.43. The lowest BCUT2D eigenvalue weighted by Gasteiger charge is -2.16. The molecule has 0 aliphatic rings. The number of hydrogen-bond donors (Lipinski definition) is 1. The Labute approximate surface area is 119 Å². The van der Waals surface area contributed by atoms with E-state index in [-0.39, 0.29) is 11.7 Å². The number of anilines is 1. The van der Waals surface area contributed by atoms with Crippen molar-refractivity contribution < 1.29 is 17.2 Å². The molecule has 1 aromatic carbocycles. The molecule has 2 rings (SSSR count). The zero-order chi connectivity index (χ0) is 14.8. The van der Waals surface area contributed by atoms with Crippen molar-refractivity contribution in [1.29, 1.82) is 0 Å². The maximum absolute atomic E-state index is 12.7. The molecule has 0 saturated carbocycles. The average Bonchev–Trinajstić information content (AvgIpc) is 2.93. The highest BCUT2D eigenvalue weighted by Gasteiger charge is 2.29. The first-order valence-corrected chi connectivity index (χ1v) is 8.11. The van der Waals surface area contributed by atoms with Gasteiger partial charge >= 0.3 is 5.76 Å². The van der Waals surface area contributed by atoms with Crippen molar-refractivity contribution in [3.05, 3.63) is 40.8 Å². The lowest BCUT2D eigenvalue weighted by atomic mass is 10.2. The Kier molecular flexibility index (Phi) is 4.34. The second-order valence-corrected chi connectivity index (χ2v) is 6.88. The summed E-state index contributed by atoms with van der Waals surface area (Å²) < 4.78 is 48.6. The fraction of sp³-hybridized carbons (Fsp3) is 0.250. The fourth-order valence-corrected chi connectivity index (χ4v) is 3.20. The number of benzene rings is 1. The Hall–Kier alpha value is -1.54. The molecule has 1 N–H and O–H groups in total. The Bertz CT molecular complexity index is 673. The Morgan fingerprint density at radius 2 is 2.00 bits per heavy atom. The average molecular weight is 318 g/mol. The van der Waals surface area contributed by atoms with Gasteiger partial charge < -0.3 is 5.32 Å². The molecule has 1 aromatic heterocycles. The number of alkyl halides is 2. The van der Waals surface area contributed by atoms with E-state index in [9.17, 15) is 17.2 Å². The molecule has 8 heteroatoms. The highest BCUT2D eigenvalue weighted by molar-refractivity contribution is 7.91. The predicted molar refractivity (Wildman–Crippen MR) is 73.8 cm³/mol. The van der Waals surface area contributed by atoms with Crippen LogP contribution in [0.25, 0.3) is 0 Å². The van der Waals surface area contributed by atoms with Crippen molar-refractivity contribution in [1.82, 2.24) is 4.98 Å². The molecule has 0 fully saturated rings. The summed E-state index contributed by atoms with van der Waals surface area (Å²) in [5.74, 6) is -3.44. The molecule has 4 nitrogen and oxygen atoms in total. The van der Waals surface area contributed by atoms with Crippen LogP contribution >= 0.6 is 11.3 Å². The lowest BCUT2D eigenvalue weighted by Crippen LogP contribution is -2.15. The van der Waals surface area contributed by atoms with Gasteiger partial charge in [0.1, 0.15) is 0 Å². The van der Waals surface area contributed by atoms with Crippen LogP contribution in [0.3, 0.4) is 0 Å². The van der Waals surface area contributed by atoms with Crippen LogP contribution < -0.4 is 5.32 Å². The lowest BCUT2D eigenvalue weighted by molar-refractivity contribution is 0.235. The fourth-order valence-electron chi connectivity index (χ4n) is 1.67. The number of halogens is 2. The third kappa shape index (κ3) is 2.96. The molecule has 0 bridgehead atoms. The maximum Gasteiger partial charge on any atom is 0.341 e. The van der Waals surface area contributed by atoms with Crippen LogP contribution in [0.2, 0.25) is 0 Å².